The summed E-state index contributed by atoms with van der Waals surface area (Å²) in [6, 6.07) is 4.22. The quantitative estimate of drug-likeness (QED) is 0.920. The summed E-state index contributed by atoms with van der Waals surface area (Å²) in [7, 11) is 0. The van der Waals surface area contributed by atoms with Gasteiger partial charge in [0.15, 0.2) is 0 Å². The standard InChI is InChI=1S/C16H24N2OS/c1-12(2)7-10-18-14(13-6-5-11-20-13)17-16(15(18)19)8-3-4-9-16/h5-6,11-12,14,17H,3-4,7-10H2,1-2H3. The number of carbonyl (C=O) groups excluding carboxylic acids is 1. The molecule has 2 aliphatic rings. The van der Waals surface area contributed by atoms with Crippen LogP contribution < -0.4 is 5.32 Å². The van der Waals surface area contributed by atoms with E-state index in [-0.39, 0.29) is 11.7 Å². The smallest absolute Gasteiger partial charge is 0.244 e. The van der Waals surface area contributed by atoms with E-state index in [4.69, 9.17) is 0 Å². The van der Waals surface area contributed by atoms with Gasteiger partial charge in [0.05, 0.1) is 5.54 Å². The number of hydrogen-bond donors (Lipinski definition) is 1. The SMILES string of the molecule is CC(C)CCN1C(=O)C2(CCCC2)NC1c1cccs1. The lowest BCUT2D eigenvalue weighted by molar-refractivity contribution is -0.133. The maximum atomic E-state index is 12.9. The molecule has 4 heteroatoms. The molecular formula is C16H24N2OS. The summed E-state index contributed by atoms with van der Waals surface area (Å²) in [5, 5.41) is 5.78. The van der Waals surface area contributed by atoms with Gasteiger partial charge >= 0.3 is 0 Å². The molecule has 1 aromatic rings. The number of carbonyl (C=O) groups is 1. The summed E-state index contributed by atoms with van der Waals surface area (Å²) >= 11 is 1.75. The van der Waals surface area contributed by atoms with Crippen LogP contribution in [-0.4, -0.2) is 22.9 Å². The van der Waals surface area contributed by atoms with Crippen molar-refractivity contribution in [3.63, 3.8) is 0 Å². The van der Waals surface area contributed by atoms with Crippen LogP contribution in [-0.2, 0) is 4.79 Å². The Hall–Kier alpha value is -0.870. The summed E-state index contributed by atoms with van der Waals surface area (Å²) in [5.41, 5.74) is -0.258. The molecule has 110 valence electrons. The molecule has 1 aromatic heterocycles. The first kappa shape index (κ1) is 14.1. The number of nitrogens with one attached hydrogen (secondary N) is 1. The third-order valence-corrected chi connectivity index (χ3v) is 5.54. The summed E-state index contributed by atoms with van der Waals surface area (Å²) in [6.45, 7) is 5.31. The number of amides is 1. The van der Waals surface area contributed by atoms with Gasteiger partial charge in [-0.3, -0.25) is 10.1 Å². The van der Waals surface area contributed by atoms with Gasteiger partial charge in [0, 0.05) is 11.4 Å². The van der Waals surface area contributed by atoms with E-state index in [2.05, 4.69) is 41.6 Å². The van der Waals surface area contributed by atoms with Gasteiger partial charge in [0.1, 0.15) is 6.17 Å². The summed E-state index contributed by atoms with van der Waals surface area (Å²) in [6.07, 6.45) is 5.53. The van der Waals surface area contributed by atoms with E-state index in [1.54, 1.807) is 11.3 Å². The minimum atomic E-state index is -0.258. The highest BCUT2D eigenvalue weighted by Gasteiger charge is 2.52. The van der Waals surface area contributed by atoms with E-state index in [9.17, 15) is 4.79 Å². The average molecular weight is 292 g/mol. The van der Waals surface area contributed by atoms with Crippen LogP contribution in [0.1, 0.15) is 57.0 Å². The van der Waals surface area contributed by atoms with Gasteiger partial charge in [0.25, 0.3) is 0 Å². The van der Waals surface area contributed by atoms with Crippen LogP contribution in [0.15, 0.2) is 17.5 Å². The van der Waals surface area contributed by atoms with Crippen molar-refractivity contribution in [3.05, 3.63) is 22.4 Å². The number of rotatable bonds is 4. The van der Waals surface area contributed by atoms with Gasteiger partial charge < -0.3 is 4.90 Å². The highest BCUT2D eigenvalue weighted by atomic mass is 32.1. The Labute approximate surface area is 125 Å². The summed E-state index contributed by atoms with van der Waals surface area (Å²) in [4.78, 5) is 16.3. The van der Waals surface area contributed by atoms with Crippen molar-refractivity contribution in [3.8, 4) is 0 Å². The second-order valence-corrected chi connectivity index (χ2v) is 7.51. The highest BCUT2D eigenvalue weighted by molar-refractivity contribution is 7.10. The third-order valence-electron chi connectivity index (χ3n) is 4.61. The number of hydrogen-bond acceptors (Lipinski definition) is 3. The minimum Gasteiger partial charge on any atom is -0.320 e. The molecule has 1 spiro atoms. The van der Waals surface area contributed by atoms with E-state index >= 15 is 0 Å². The first-order chi connectivity index (χ1) is 9.62. The molecule has 1 atom stereocenters. The zero-order valence-electron chi connectivity index (χ0n) is 12.4. The second kappa shape index (κ2) is 5.49. The number of nitrogens with zero attached hydrogens (tertiary/aromatic N) is 1. The van der Waals surface area contributed by atoms with Crippen LogP contribution in [0.5, 0.6) is 0 Å². The van der Waals surface area contributed by atoms with Gasteiger partial charge in [-0.15, -0.1) is 11.3 Å². The molecule has 0 aromatic carbocycles. The Kier molecular flexibility index (Phi) is 3.87. The molecule has 1 aliphatic heterocycles. The van der Waals surface area contributed by atoms with Crippen molar-refractivity contribution in [2.45, 2.75) is 57.7 Å². The van der Waals surface area contributed by atoms with E-state index < -0.39 is 0 Å². The Balaban J connectivity index is 1.84. The van der Waals surface area contributed by atoms with Crippen LogP contribution in [0.2, 0.25) is 0 Å². The second-order valence-electron chi connectivity index (χ2n) is 6.53. The Morgan fingerprint density at radius 3 is 2.80 bits per heavy atom. The van der Waals surface area contributed by atoms with Gasteiger partial charge in [0.2, 0.25) is 5.91 Å². The van der Waals surface area contributed by atoms with E-state index in [1.807, 2.05) is 0 Å². The molecule has 1 unspecified atom stereocenters. The van der Waals surface area contributed by atoms with Gasteiger partial charge in [-0.2, -0.15) is 0 Å². The maximum absolute atomic E-state index is 12.9. The van der Waals surface area contributed by atoms with Gasteiger partial charge in [-0.05, 0) is 36.6 Å². The predicted octanol–water partition coefficient (Wildman–Crippen LogP) is 3.54. The van der Waals surface area contributed by atoms with Crippen LogP contribution in [0.25, 0.3) is 0 Å². The molecule has 3 rings (SSSR count). The molecule has 1 saturated heterocycles. The Morgan fingerprint density at radius 2 is 2.20 bits per heavy atom. The van der Waals surface area contributed by atoms with Crippen molar-refractivity contribution in [2.24, 2.45) is 5.92 Å². The minimum absolute atomic E-state index is 0.0966. The lowest BCUT2D eigenvalue weighted by atomic mass is 9.98. The molecule has 3 nitrogen and oxygen atoms in total. The fourth-order valence-corrected chi connectivity index (χ4v) is 4.22. The maximum Gasteiger partial charge on any atom is 0.244 e. The van der Waals surface area contributed by atoms with Gasteiger partial charge in [-0.25, -0.2) is 0 Å². The first-order valence-electron chi connectivity index (χ1n) is 7.74. The highest BCUT2D eigenvalue weighted by Crippen LogP contribution is 2.41. The molecule has 0 bridgehead atoms. The Morgan fingerprint density at radius 1 is 1.45 bits per heavy atom. The predicted molar refractivity (Wildman–Crippen MR) is 82.6 cm³/mol. The zero-order chi connectivity index (χ0) is 14.2. The molecule has 1 amide bonds. The van der Waals surface area contributed by atoms with Crippen LogP contribution in [0.3, 0.4) is 0 Å². The van der Waals surface area contributed by atoms with E-state index in [0.717, 1.165) is 25.8 Å². The van der Waals surface area contributed by atoms with Gasteiger partial charge in [-0.1, -0.05) is 32.8 Å². The molecule has 1 N–H and O–H groups in total. The Bertz CT molecular complexity index is 463. The molecular weight excluding hydrogens is 268 g/mol. The topological polar surface area (TPSA) is 32.3 Å². The monoisotopic (exact) mass is 292 g/mol. The molecule has 20 heavy (non-hydrogen) atoms. The molecule has 0 radical (unpaired) electrons. The van der Waals surface area contributed by atoms with Crippen molar-refractivity contribution in [1.29, 1.82) is 0 Å². The van der Waals surface area contributed by atoms with Crippen molar-refractivity contribution < 1.29 is 4.79 Å². The normalized spacial score (nSPS) is 25.2. The number of thiophene rings is 1. The molecule has 1 aliphatic carbocycles. The summed E-state index contributed by atoms with van der Waals surface area (Å²) in [5.74, 6) is 0.973. The van der Waals surface area contributed by atoms with E-state index in [1.165, 1.54) is 17.7 Å². The van der Waals surface area contributed by atoms with Crippen molar-refractivity contribution in [2.75, 3.05) is 6.54 Å². The van der Waals surface area contributed by atoms with Crippen molar-refractivity contribution in [1.82, 2.24) is 10.2 Å². The van der Waals surface area contributed by atoms with Crippen LogP contribution in [0.4, 0.5) is 0 Å². The summed E-state index contributed by atoms with van der Waals surface area (Å²) < 4.78 is 0. The molecule has 2 fully saturated rings. The molecule has 1 saturated carbocycles. The first-order valence-corrected chi connectivity index (χ1v) is 8.62. The lowest BCUT2D eigenvalue weighted by Gasteiger charge is -2.24. The zero-order valence-corrected chi connectivity index (χ0v) is 13.2. The largest absolute Gasteiger partial charge is 0.320 e. The fourth-order valence-electron chi connectivity index (χ4n) is 3.43. The molecule has 2 heterocycles. The third kappa shape index (κ3) is 2.40. The van der Waals surface area contributed by atoms with Crippen LogP contribution >= 0.6 is 11.3 Å². The fraction of sp³-hybridized carbons (Fsp3) is 0.688. The van der Waals surface area contributed by atoms with Crippen molar-refractivity contribution >= 4 is 17.2 Å². The lowest BCUT2D eigenvalue weighted by Crippen LogP contribution is -2.44. The average Bonchev–Trinajstić information content (AvgIpc) is 3.13. The van der Waals surface area contributed by atoms with Crippen LogP contribution in [0, 0.1) is 5.92 Å². The van der Waals surface area contributed by atoms with E-state index in [0.29, 0.717) is 11.8 Å².